The standard InChI is InChI=1S/C9H20N2/c1-7(2)9-8(3)10-5-4-6-11-9/h7-11H,4-6H2,1-3H3/t8-,9-/m0/s1. The van der Waals surface area contributed by atoms with E-state index < -0.39 is 0 Å². The fraction of sp³-hybridized carbons (Fsp3) is 1.00. The van der Waals surface area contributed by atoms with Crippen molar-refractivity contribution in [2.24, 2.45) is 5.92 Å². The first kappa shape index (κ1) is 9.01. The van der Waals surface area contributed by atoms with E-state index in [1.807, 2.05) is 0 Å². The van der Waals surface area contributed by atoms with Gasteiger partial charge in [-0.3, -0.25) is 0 Å². The van der Waals surface area contributed by atoms with Crippen LogP contribution < -0.4 is 10.6 Å². The second-order valence-electron chi connectivity index (χ2n) is 3.82. The molecule has 0 aliphatic carbocycles. The van der Waals surface area contributed by atoms with Crippen molar-refractivity contribution in [1.29, 1.82) is 0 Å². The highest BCUT2D eigenvalue weighted by Crippen LogP contribution is 2.08. The van der Waals surface area contributed by atoms with Gasteiger partial charge in [-0.1, -0.05) is 13.8 Å². The molecule has 0 aromatic heterocycles. The van der Waals surface area contributed by atoms with Crippen LogP contribution in [0.25, 0.3) is 0 Å². The third-order valence-electron chi connectivity index (χ3n) is 2.46. The minimum Gasteiger partial charge on any atom is -0.313 e. The Balaban J connectivity index is 2.45. The van der Waals surface area contributed by atoms with Crippen LogP contribution in [-0.4, -0.2) is 25.2 Å². The van der Waals surface area contributed by atoms with Crippen LogP contribution in [0.3, 0.4) is 0 Å². The third-order valence-corrected chi connectivity index (χ3v) is 2.46. The average molecular weight is 156 g/mol. The molecule has 0 saturated carbocycles. The summed E-state index contributed by atoms with van der Waals surface area (Å²) in [6.45, 7) is 9.16. The lowest BCUT2D eigenvalue weighted by atomic mass is 9.98. The summed E-state index contributed by atoms with van der Waals surface area (Å²) in [6.07, 6.45) is 1.26. The van der Waals surface area contributed by atoms with Crippen molar-refractivity contribution in [1.82, 2.24) is 10.6 Å². The molecular formula is C9H20N2. The smallest absolute Gasteiger partial charge is 0.0241 e. The first-order valence-corrected chi connectivity index (χ1v) is 4.68. The normalized spacial score (nSPS) is 33.8. The molecule has 66 valence electrons. The number of hydrogen-bond donors (Lipinski definition) is 2. The van der Waals surface area contributed by atoms with Gasteiger partial charge in [0, 0.05) is 12.1 Å². The molecule has 0 radical (unpaired) electrons. The Bertz CT molecular complexity index is 112. The summed E-state index contributed by atoms with van der Waals surface area (Å²) in [5.41, 5.74) is 0. The molecule has 2 nitrogen and oxygen atoms in total. The predicted octanol–water partition coefficient (Wildman–Crippen LogP) is 0.982. The Hall–Kier alpha value is -0.0800. The third kappa shape index (κ3) is 2.46. The SMILES string of the molecule is CC(C)[C@@H]1NCCCN[C@H]1C. The molecule has 0 bridgehead atoms. The molecule has 11 heavy (non-hydrogen) atoms. The van der Waals surface area contributed by atoms with Gasteiger partial charge in [-0.15, -0.1) is 0 Å². The van der Waals surface area contributed by atoms with E-state index in [1.54, 1.807) is 0 Å². The van der Waals surface area contributed by atoms with E-state index in [9.17, 15) is 0 Å². The predicted molar refractivity (Wildman–Crippen MR) is 48.7 cm³/mol. The lowest BCUT2D eigenvalue weighted by Gasteiger charge is -2.26. The van der Waals surface area contributed by atoms with Crippen LogP contribution >= 0.6 is 0 Å². The van der Waals surface area contributed by atoms with Crippen molar-refractivity contribution in [3.8, 4) is 0 Å². The molecule has 1 fully saturated rings. The van der Waals surface area contributed by atoms with E-state index in [-0.39, 0.29) is 0 Å². The van der Waals surface area contributed by atoms with Crippen LogP contribution in [-0.2, 0) is 0 Å². The van der Waals surface area contributed by atoms with Crippen LogP contribution in [0, 0.1) is 5.92 Å². The fourth-order valence-electron chi connectivity index (χ4n) is 1.80. The highest BCUT2D eigenvalue weighted by atomic mass is 15.0. The monoisotopic (exact) mass is 156 g/mol. The quantitative estimate of drug-likeness (QED) is 0.591. The maximum absolute atomic E-state index is 3.57. The Morgan fingerprint density at radius 3 is 2.45 bits per heavy atom. The molecule has 1 saturated heterocycles. The molecule has 1 aliphatic heterocycles. The van der Waals surface area contributed by atoms with Crippen LogP contribution in [0.5, 0.6) is 0 Å². The zero-order chi connectivity index (χ0) is 8.27. The minimum atomic E-state index is 0.623. The molecule has 2 atom stereocenters. The Morgan fingerprint density at radius 2 is 1.82 bits per heavy atom. The highest BCUT2D eigenvalue weighted by molar-refractivity contribution is 4.83. The lowest BCUT2D eigenvalue weighted by molar-refractivity contribution is 0.344. The summed E-state index contributed by atoms with van der Waals surface area (Å²) >= 11 is 0. The maximum atomic E-state index is 3.57. The van der Waals surface area contributed by atoms with Crippen molar-refractivity contribution in [3.05, 3.63) is 0 Å². The minimum absolute atomic E-state index is 0.623. The molecule has 0 aromatic carbocycles. The Morgan fingerprint density at radius 1 is 1.18 bits per heavy atom. The number of rotatable bonds is 1. The highest BCUT2D eigenvalue weighted by Gasteiger charge is 2.21. The first-order chi connectivity index (χ1) is 5.22. The zero-order valence-corrected chi connectivity index (χ0v) is 7.85. The van der Waals surface area contributed by atoms with Crippen molar-refractivity contribution in [3.63, 3.8) is 0 Å². The zero-order valence-electron chi connectivity index (χ0n) is 7.85. The Labute approximate surface area is 69.8 Å². The van der Waals surface area contributed by atoms with Gasteiger partial charge in [0.25, 0.3) is 0 Å². The van der Waals surface area contributed by atoms with Crippen molar-refractivity contribution in [2.75, 3.05) is 13.1 Å². The topological polar surface area (TPSA) is 24.1 Å². The van der Waals surface area contributed by atoms with Gasteiger partial charge in [0.05, 0.1) is 0 Å². The van der Waals surface area contributed by atoms with Gasteiger partial charge in [-0.2, -0.15) is 0 Å². The van der Waals surface area contributed by atoms with Gasteiger partial charge in [0.2, 0.25) is 0 Å². The summed E-state index contributed by atoms with van der Waals surface area (Å²) in [4.78, 5) is 0. The summed E-state index contributed by atoms with van der Waals surface area (Å²) < 4.78 is 0. The van der Waals surface area contributed by atoms with E-state index in [4.69, 9.17) is 0 Å². The van der Waals surface area contributed by atoms with Gasteiger partial charge in [-0.25, -0.2) is 0 Å². The summed E-state index contributed by atoms with van der Waals surface area (Å²) in [5.74, 6) is 0.732. The molecule has 0 unspecified atom stereocenters. The lowest BCUT2D eigenvalue weighted by Crippen LogP contribution is -2.46. The van der Waals surface area contributed by atoms with Gasteiger partial charge in [0.15, 0.2) is 0 Å². The van der Waals surface area contributed by atoms with Gasteiger partial charge >= 0.3 is 0 Å². The van der Waals surface area contributed by atoms with Gasteiger partial charge in [-0.05, 0) is 32.4 Å². The summed E-state index contributed by atoms with van der Waals surface area (Å²) in [5, 5.41) is 7.08. The van der Waals surface area contributed by atoms with E-state index in [1.165, 1.54) is 13.0 Å². The maximum Gasteiger partial charge on any atom is 0.0241 e. The fourth-order valence-corrected chi connectivity index (χ4v) is 1.80. The summed E-state index contributed by atoms with van der Waals surface area (Å²) in [6, 6.07) is 1.27. The molecule has 1 rings (SSSR count). The second kappa shape index (κ2) is 4.07. The van der Waals surface area contributed by atoms with Crippen LogP contribution in [0.4, 0.5) is 0 Å². The molecule has 0 aromatic rings. The molecule has 2 N–H and O–H groups in total. The van der Waals surface area contributed by atoms with E-state index in [0.29, 0.717) is 12.1 Å². The van der Waals surface area contributed by atoms with Crippen LogP contribution in [0.1, 0.15) is 27.2 Å². The first-order valence-electron chi connectivity index (χ1n) is 4.68. The van der Waals surface area contributed by atoms with Crippen molar-refractivity contribution in [2.45, 2.75) is 39.3 Å². The van der Waals surface area contributed by atoms with Crippen LogP contribution in [0.15, 0.2) is 0 Å². The molecule has 1 aliphatic rings. The van der Waals surface area contributed by atoms with Gasteiger partial charge in [0.1, 0.15) is 0 Å². The Kier molecular flexibility index (Phi) is 3.34. The molecule has 1 heterocycles. The van der Waals surface area contributed by atoms with Crippen molar-refractivity contribution < 1.29 is 0 Å². The molecule has 0 spiro atoms. The molecule has 2 heteroatoms. The van der Waals surface area contributed by atoms with Gasteiger partial charge < -0.3 is 10.6 Å². The van der Waals surface area contributed by atoms with E-state index >= 15 is 0 Å². The van der Waals surface area contributed by atoms with Crippen LogP contribution in [0.2, 0.25) is 0 Å². The average Bonchev–Trinajstić information content (AvgIpc) is 2.13. The van der Waals surface area contributed by atoms with E-state index in [2.05, 4.69) is 31.4 Å². The largest absolute Gasteiger partial charge is 0.313 e. The second-order valence-corrected chi connectivity index (χ2v) is 3.82. The van der Waals surface area contributed by atoms with E-state index in [0.717, 1.165) is 12.5 Å². The molecular weight excluding hydrogens is 136 g/mol. The number of nitrogens with one attached hydrogen (secondary N) is 2. The molecule has 0 amide bonds. The summed E-state index contributed by atoms with van der Waals surface area (Å²) in [7, 11) is 0. The number of hydrogen-bond acceptors (Lipinski definition) is 2. The van der Waals surface area contributed by atoms with Crippen molar-refractivity contribution >= 4 is 0 Å².